The summed E-state index contributed by atoms with van der Waals surface area (Å²) in [6.07, 6.45) is -2.05. The van der Waals surface area contributed by atoms with Gasteiger partial charge in [-0.25, -0.2) is 14.5 Å². The van der Waals surface area contributed by atoms with E-state index in [9.17, 15) is 14.7 Å². The van der Waals surface area contributed by atoms with Crippen LogP contribution >= 0.6 is 0 Å². The van der Waals surface area contributed by atoms with Gasteiger partial charge in [0.2, 0.25) is 0 Å². The Labute approximate surface area is 124 Å². The molecule has 21 heavy (non-hydrogen) atoms. The standard InChI is InChI=1S/C14H23NO6/c1-8(16)7-9-10(11(17)19-5)15(13(18)20-6)12(21-9)14(2,3)4/h8,12,16H,7H2,1-6H3. The fourth-order valence-corrected chi connectivity index (χ4v) is 2.07. The molecule has 1 aliphatic rings. The summed E-state index contributed by atoms with van der Waals surface area (Å²) in [5.74, 6) is -0.482. The van der Waals surface area contributed by atoms with Crippen molar-refractivity contribution < 1.29 is 28.9 Å². The van der Waals surface area contributed by atoms with Crippen LogP contribution in [0.1, 0.15) is 34.1 Å². The van der Waals surface area contributed by atoms with E-state index < -0.39 is 29.8 Å². The van der Waals surface area contributed by atoms with E-state index in [4.69, 9.17) is 14.2 Å². The zero-order valence-corrected chi connectivity index (χ0v) is 13.3. The second-order valence-electron chi connectivity index (χ2n) is 5.99. The number of hydrogen-bond acceptors (Lipinski definition) is 6. The van der Waals surface area contributed by atoms with Crippen LogP contribution in [0, 0.1) is 5.41 Å². The average Bonchev–Trinajstić information content (AvgIpc) is 2.75. The summed E-state index contributed by atoms with van der Waals surface area (Å²) in [5, 5.41) is 9.56. The Morgan fingerprint density at radius 1 is 1.33 bits per heavy atom. The molecule has 7 heteroatoms. The predicted molar refractivity (Wildman–Crippen MR) is 73.9 cm³/mol. The van der Waals surface area contributed by atoms with Gasteiger partial charge in [0.1, 0.15) is 5.76 Å². The van der Waals surface area contributed by atoms with Gasteiger partial charge in [-0.1, -0.05) is 20.8 Å². The van der Waals surface area contributed by atoms with E-state index in [1.165, 1.54) is 14.2 Å². The zero-order chi connectivity index (χ0) is 16.4. The minimum Gasteiger partial charge on any atom is -0.471 e. The van der Waals surface area contributed by atoms with E-state index in [0.717, 1.165) is 4.90 Å². The Morgan fingerprint density at radius 2 is 1.90 bits per heavy atom. The van der Waals surface area contributed by atoms with Crippen molar-refractivity contribution in [2.45, 2.75) is 46.4 Å². The molecular weight excluding hydrogens is 278 g/mol. The lowest BCUT2D eigenvalue weighted by Gasteiger charge is -2.33. The molecule has 1 rings (SSSR count). The predicted octanol–water partition coefficient (Wildman–Crippen LogP) is 1.61. The van der Waals surface area contributed by atoms with Crippen molar-refractivity contribution in [2.75, 3.05) is 14.2 Å². The van der Waals surface area contributed by atoms with Gasteiger partial charge >= 0.3 is 12.1 Å². The topological polar surface area (TPSA) is 85.3 Å². The third-order valence-electron chi connectivity index (χ3n) is 2.97. The summed E-state index contributed by atoms with van der Waals surface area (Å²) in [6.45, 7) is 7.17. The number of hydrogen-bond donors (Lipinski definition) is 1. The van der Waals surface area contributed by atoms with Crippen molar-refractivity contribution >= 4 is 12.1 Å². The lowest BCUT2D eigenvalue weighted by Crippen LogP contribution is -2.45. The van der Waals surface area contributed by atoms with E-state index in [0.29, 0.717) is 0 Å². The third-order valence-corrected chi connectivity index (χ3v) is 2.97. The van der Waals surface area contributed by atoms with Crippen LogP contribution in [0.25, 0.3) is 0 Å². The minimum atomic E-state index is -0.724. The van der Waals surface area contributed by atoms with Crippen molar-refractivity contribution in [2.24, 2.45) is 5.41 Å². The van der Waals surface area contributed by atoms with E-state index in [2.05, 4.69) is 0 Å². The summed E-state index contributed by atoms with van der Waals surface area (Å²) < 4.78 is 15.2. The second-order valence-corrected chi connectivity index (χ2v) is 5.99. The summed E-state index contributed by atoms with van der Waals surface area (Å²) >= 11 is 0. The summed E-state index contributed by atoms with van der Waals surface area (Å²) in [4.78, 5) is 25.2. The average molecular weight is 301 g/mol. The lowest BCUT2D eigenvalue weighted by molar-refractivity contribution is -0.138. The number of nitrogens with zero attached hydrogens (tertiary/aromatic N) is 1. The van der Waals surface area contributed by atoms with Crippen LogP contribution in [0.15, 0.2) is 11.5 Å². The molecule has 2 atom stereocenters. The highest BCUT2D eigenvalue weighted by Crippen LogP contribution is 2.38. The third kappa shape index (κ3) is 3.66. The van der Waals surface area contributed by atoms with Crippen LogP contribution in [0.2, 0.25) is 0 Å². The maximum atomic E-state index is 12.1. The van der Waals surface area contributed by atoms with Crippen molar-refractivity contribution in [1.29, 1.82) is 0 Å². The molecule has 1 aliphatic heterocycles. The number of methoxy groups -OCH3 is 2. The second kappa shape index (κ2) is 6.34. The van der Waals surface area contributed by atoms with Gasteiger partial charge in [-0.05, 0) is 6.92 Å². The van der Waals surface area contributed by atoms with Crippen molar-refractivity contribution in [3.63, 3.8) is 0 Å². The number of ether oxygens (including phenoxy) is 3. The molecular formula is C14H23NO6. The SMILES string of the molecule is COC(=O)C1=C(CC(C)O)OC(C(C)(C)C)N1C(=O)OC. The fraction of sp³-hybridized carbons (Fsp3) is 0.714. The van der Waals surface area contributed by atoms with Gasteiger partial charge in [0, 0.05) is 11.8 Å². The van der Waals surface area contributed by atoms with Crippen molar-refractivity contribution in [3.05, 3.63) is 11.5 Å². The molecule has 1 heterocycles. The lowest BCUT2D eigenvalue weighted by atomic mass is 9.93. The van der Waals surface area contributed by atoms with E-state index in [1.807, 2.05) is 20.8 Å². The van der Waals surface area contributed by atoms with Crippen molar-refractivity contribution in [1.82, 2.24) is 4.90 Å². The van der Waals surface area contributed by atoms with Gasteiger partial charge in [-0.3, -0.25) is 0 Å². The van der Waals surface area contributed by atoms with Gasteiger partial charge < -0.3 is 19.3 Å². The Hall–Kier alpha value is -1.76. The Bertz CT molecular complexity index is 449. The molecule has 0 radical (unpaired) electrons. The monoisotopic (exact) mass is 301 g/mol. The van der Waals surface area contributed by atoms with E-state index in [1.54, 1.807) is 6.92 Å². The molecule has 0 spiro atoms. The smallest absolute Gasteiger partial charge is 0.417 e. The van der Waals surface area contributed by atoms with Crippen molar-refractivity contribution in [3.8, 4) is 0 Å². The summed E-state index contributed by atoms with van der Waals surface area (Å²) in [5.41, 5.74) is -0.487. The summed E-state index contributed by atoms with van der Waals surface area (Å²) in [7, 11) is 2.44. The maximum absolute atomic E-state index is 12.1. The minimum absolute atomic E-state index is 0.0230. The number of aliphatic hydroxyl groups excluding tert-OH is 1. The van der Waals surface area contributed by atoms with E-state index >= 15 is 0 Å². The van der Waals surface area contributed by atoms with Crippen LogP contribution < -0.4 is 0 Å². The number of carbonyl (C=O) groups excluding carboxylic acids is 2. The molecule has 0 aliphatic carbocycles. The van der Waals surface area contributed by atoms with Crippen LogP contribution in [0.4, 0.5) is 4.79 Å². The van der Waals surface area contributed by atoms with Gasteiger partial charge in [-0.15, -0.1) is 0 Å². The van der Waals surface area contributed by atoms with Gasteiger partial charge in [-0.2, -0.15) is 0 Å². The molecule has 2 unspecified atom stereocenters. The van der Waals surface area contributed by atoms with Crippen LogP contribution in [-0.4, -0.2) is 48.6 Å². The molecule has 0 saturated heterocycles. The summed E-state index contributed by atoms with van der Waals surface area (Å²) in [6, 6.07) is 0. The Balaban J connectivity index is 3.32. The zero-order valence-electron chi connectivity index (χ0n) is 13.3. The highest BCUT2D eigenvalue weighted by molar-refractivity contribution is 5.93. The largest absolute Gasteiger partial charge is 0.471 e. The van der Waals surface area contributed by atoms with Crippen LogP contribution in [0.5, 0.6) is 0 Å². The number of rotatable bonds is 3. The Morgan fingerprint density at radius 3 is 2.29 bits per heavy atom. The molecule has 0 aromatic heterocycles. The molecule has 0 bridgehead atoms. The molecule has 0 saturated carbocycles. The quantitative estimate of drug-likeness (QED) is 0.797. The number of aliphatic hydroxyl groups is 1. The highest BCUT2D eigenvalue weighted by Gasteiger charge is 2.47. The molecule has 0 aromatic carbocycles. The molecule has 7 nitrogen and oxygen atoms in total. The number of carbonyl (C=O) groups is 2. The first-order chi connectivity index (χ1) is 9.63. The molecule has 120 valence electrons. The van der Waals surface area contributed by atoms with Crippen LogP contribution in [-0.2, 0) is 19.0 Å². The molecule has 1 amide bonds. The Kier molecular flexibility index (Phi) is 5.22. The first-order valence-electron chi connectivity index (χ1n) is 6.66. The van der Waals surface area contributed by atoms with E-state index in [-0.39, 0.29) is 17.9 Å². The molecule has 0 aromatic rings. The molecule has 0 fully saturated rings. The highest BCUT2D eigenvalue weighted by atomic mass is 16.6. The van der Waals surface area contributed by atoms with Gasteiger partial charge in [0.25, 0.3) is 0 Å². The molecule has 1 N–H and O–H groups in total. The van der Waals surface area contributed by atoms with Gasteiger partial charge in [0.15, 0.2) is 11.9 Å². The normalized spacial score (nSPS) is 20.1. The maximum Gasteiger partial charge on any atom is 0.417 e. The van der Waals surface area contributed by atoms with Gasteiger partial charge in [0.05, 0.1) is 20.3 Å². The van der Waals surface area contributed by atoms with Crippen LogP contribution in [0.3, 0.4) is 0 Å². The first-order valence-corrected chi connectivity index (χ1v) is 6.66. The first kappa shape index (κ1) is 17.3. The number of esters is 1. The fourth-order valence-electron chi connectivity index (χ4n) is 2.07. The number of amides is 1.